The molecular weight excluding hydrogens is 200 g/mol. The molecule has 0 saturated carbocycles. The van der Waals surface area contributed by atoms with Gasteiger partial charge in [0.05, 0.1) is 6.10 Å². The zero-order valence-electron chi connectivity index (χ0n) is 11.1. The summed E-state index contributed by atoms with van der Waals surface area (Å²) in [6, 6.07) is 0. The predicted octanol–water partition coefficient (Wildman–Crippen LogP) is 1.32. The van der Waals surface area contributed by atoms with Crippen LogP contribution in [-0.4, -0.2) is 48.8 Å². The first-order valence-corrected chi connectivity index (χ1v) is 6.74. The summed E-state index contributed by atoms with van der Waals surface area (Å²) in [5.74, 6) is 1.14. The zero-order valence-corrected chi connectivity index (χ0v) is 11.1. The van der Waals surface area contributed by atoms with Gasteiger partial charge in [0.15, 0.2) is 0 Å². The first kappa shape index (κ1) is 13.9. The van der Waals surface area contributed by atoms with Crippen molar-refractivity contribution in [1.29, 1.82) is 0 Å². The highest BCUT2D eigenvalue weighted by Gasteiger charge is 2.24. The molecule has 16 heavy (non-hydrogen) atoms. The molecule has 2 N–H and O–H groups in total. The number of likely N-dealkylation sites (tertiary alicyclic amines) is 1. The lowest BCUT2D eigenvalue weighted by atomic mass is 9.96. The van der Waals surface area contributed by atoms with Gasteiger partial charge in [-0.3, -0.25) is 0 Å². The molecule has 1 fully saturated rings. The topological polar surface area (TPSA) is 35.5 Å². The van der Waals surface area contributed by atoms with Crippen molar-refractivity contribution in [2.45, 2.75) is 39.7 Å². The van der Waals surface area contributed by atoms with Gasteiger partial charge in [0.25, 0.3) is 0 Å². The number of hydrogen-bond acceptors (Lipinski definition) is 3. The van der Waals surface area contributed by atoms with E-state index in [-0.39, 0.29) is 6.10 Å². The van der Waals surface area contributed by atoms with Crippen LogP contribution in [-0.2, 0) is 0 Å². The normalized spacial score (nSPS) is 29.2. The van der Waals surface area contributed by atoms with E-state index in [1.54, 1.807) is 0 Å². The van der Waals surface area contributed by atoms with Crippen LogP contribution < -0.4 is 5.32 Å². The molecule has 3 unspecified atom stereocenters. The van der Waals surface area contributed by atoms with Crippen molar-refractivity contribution >= 4 is 0 Å². The molecule has 3 atom stereocenters. The van der Waals surface area contributed by atoms with Crippen molar-refractivity contribution in [1.82, 2.24) is 10.2 Å². The number of nitrogens with zero attached hydrogens (tertiary/aromatic N) is 1. The van der Waals surface area contributed by atoms with Crippen LogP contribution in [0.15, 0.2) is 0 Å². The second-order valence-electron chi connectivity index (χ2n) is 5.40. The van der Waals surface area contributed by atoms with Gasteiger partial charge in [0, 0.05) is 19.6 Å². The van der Waals surface area contributed by atoms with Crippen LogP contribution in [0.5, 0.6) is 0 Å². The Bertz CT molecular complexity index is 187. The summed E-state index contributed by atoms with van der Waals surface area (Å²) in [5.41, 5.74) is 0. The fraction of sp³-hybridized carbons (Fsp3) is 1.00. The Balaban J connectivity index is 2.16. The van der Waals surface area contributed by atoms with E-state index in [1.807, 2.05) is 0 Å². The molecule has 1 heterocycles. The van der Waals surface area contributed by atoms with Crippen LogP contribution >= 0.6 is 0 Å². The first-order chi connectivity index (χ1) is 7.63. The van der Waals surface area contributed by atoms with E-state index in [1.165, 1.54) is 6.42 Å². The van der Waals surface area contributed by atoms with Crippen LogP contribution in [0.25, 0.3) is 0 Å². The smallest absolute Gasteiger partial charge is 0.0590 e. The third-order valence-corrected chi connectivity index (χ3v) is 3.43. The molecule has 0 aromatic rings. The maximum Gasteiger partial charge on any atom is 0.0590 e. The number of nitrogens with one attached hydrogen (secondary N) is 1. The lowest BCUT2D eigenvalue weighted by Gasteiger charge is -2.35. The summed E-state index contributed by atoms with van der Waals surface area (Å²) in [4.78, 5) is 2.50. The van der Waals surface area contributed by atoms with Gasteiger partial charge in [-0.2, -0.15) is 0 Å². The van der Waals surface area contributed by atoms with Gasteiger partial charge < -0.3 is 15.3 Å². The highest BCUT2D eigenvalue weighted by atomic mass is 16.3. The number of hydrogen-bond donors (Lipinski definition) is 2. The second-order valence-corrected chi connectivity index (χ2v) is 5.40. The predicted molar refractivity (Wildman–Crippen MR) is 68.6 cm³/mol. The van der Waals surface area contributed by atoms with Crippen molar-refractivity contribution in [2.24, 2.45) is 11.8 Å². The maximum absolute atomic E-state index is 9.66. The molecule has 1 aliphatic rings. The number of rotatable bonds is 6. The molecule has 1 aliphatic heterocycles. The van der Waals surface area contributed by atoms with Crippen molar-refractivity contribution < 1.29 is 5.11 Å². The summed E-state index contributed by atoms with van der Waals surface area (Å²) in [6.45, 7) is 12.2. The number of piperidine rings is 1. The molecule has 1 saturated heterocycles. The maximum atomic E-state index is 9.66. The molecule has 3 heteroatoms. The first-order valence-electron chi connectivity index (χ1n) is 6.74. The fourth-order valence-corrected chi connectivity index (χ4v) is 2.42. The van der Waals surface area contributed by atoms with Crippen LogP contribution in [0.1, 0.15) is 33.6 Å². The van der Waals surface area contributed by atoms with Gasteiger partial charge in [0.2, 0.25) is 0 Å². The average Bonchev–Trinajstić information content (AvgIpc) is 2.24. The Morgan fingerprint density at radius 1 is 1.50 bits per heavy atom. The minimum atomic E-state index is -0.0789. The third-order valence-electron chi connectivity index (χ3n) is 3.43. The molecule has 0 bridgehead atoms. The molecule has 0 radical (unpaired) electrons. The van der Waals surface area contributed by atoms with Crippen LogP contribution in [0, 0.1) is 11.8 Å². The van der Waals surface area contributed by atoms with E-state index < -0.39 is 0 Å². The summed E-state index contributed by atoms with van der Waals surface area (Å²) in [7, 11) is 0. The minimum Gasteiger partial charge on any atom is -0.393 e. The van der Waals surface area contributed by atoms with E-state index >= 15 is 0 Å². The van der Waals surface area contributed by atoms with E-state index in [2.05, 4.69) is 31.0 Å². The highest BCUT2D eigenvalue weighted by Crippen LogP contribution is 2.17. The Morgan fingerprint density at radius 3 is 2.88 bits per heavy atom. The molecule has 96 valence electrons. The van der Waals surface area contributed by atoms with Gasteiger partial charge in [0.1, 0.15) is 0 Å². The van der Waals surface area contributed by atoms with Gasteiger partial charge in [-0.25, -0.2) is 0 Å². The van der Waals surface area contributed by atoms with Crippen molar-refractivity contribution in [3.8, 4) is 0 Å². The Morgan fingerprint density at radius 2 is 2.25 bits per heavy atom. The molecule has 0 aliphatic carbocycles. The Kier molecular flexibility index (Phi) is 6.32. The van der Waals surface area contributed by atoms with Crippen LogP contribution in [0.4, 0.5) is 0 Å². The highest BCUT2D eigenvalue weighted by molar-refractivity contribution is 4.78. The second kappa shape index (κ2) is 7.25. The molecule has 3 nitrogen and oxygen atoms in total. The average molecular weight is 228 g/mol. The lowest BCUT2D eigenvalue weighted by Crippen LogP contribution is -2.44. The number of aliphatic hydroxyl groups is 1. The summed E-state index contributed by atoms with van der Waals surface area (Å²) < 4.78 is 0. The lowest BCUT2D eigenvalue weighted by molar-refractivity contribution is 0.0301. The summed E-state index contributed by atoms with van der Waals surface area (Å²) in [6.07, 6.45) is 2.07. The Labute approximate surface area is 100 Å². The van der Waals surface area contributed by atoms with Crippen molar-refractivity contribution in [2.75, 3.05) is 32.7 Å². The largest absolute Gasteiger partial charge is 0.393 e. The van der Waals surface area contributed by atoms with E-state index in [0.717, 1.165) is 39.1 Å². The SMILES string of the molecule is CCCNCC(C)CN1CCC(O)C(C)C1. The van der Waals surface area contributed by atoms with E-state index in [4.69, 9.17) is 0 Å². The molecule has 0 aromatic carbocycles. The van der Waals surface area contributed by atoms with E-state index in [9.17, 15) is 5.11 Å². The van der Waals surface area contributed by atoms with E-state index in [0.29, 0.717) is 11.8 Å². The van der Waals surface area contributed by atoms with Gasteiger partial charge in [-0.1, -0.05) is 20.8 Å². The summed E-state index contributed by atoms with van der Waals surface area (Å²) in [5, 5.41) is 13.1. The van der Waals surface area contributed by atoms with Crippen molar-refractivity contribution in [3.05, 3.63) is 0 Å². The number of aliphatic hydroxyl groups excluding tert-OH is 1. The monoisotopic (exact) mass is 228 g/mol. The van der Waals surface area contributed by atoms with Crippen LogP contribution in [0.2, 0.25) is 0 Å². The molecular formula is C13H28N2O. The molecule has 1 rings (SSSR count). The fourth-order valence-electron chi connectivity index (χ4n) is 2.42. The molecule has 0 spiro atoms. The third kappa shape index (κ3) is 4.81. The van der Waals surface area contributed by atoms with Gasteiger partial charge in [-0.15, -0.1) is 0 Å². The van der Waals surface area contributed by atoms with Crippen LogP contribution in [0.3, 0.4) is 0 Å². The summed E-state index contributed by atoms with van der Waals surface area (Å²) >= 11 is 0. The standard InChI is InChI=1S/C13H28N2O/c1-4-6-14-8-11(2)9-15-7-5-13(16)12(3)10-15/h11-14,16H,4-10H2,1-3H3. The molecule has 0 amide bonds. The molecule has 0 aromatic heterocycles. The van der Waals surface area contributed by atoms with Gasteiger partial charge in [-0.05, 0) is 37.8 Å². The van der Waals surface area contributed by atoms with Gasteiger partial charge >= 0.3 is 0 Å². The minimum absolute atomic E-state index is 0.0789. The quantitative estimate of drug-likeness (QED) is 0.673. The Hall–Kier alpha value is -0.120. The zero-order chi connectivity index (χ0) is 12.0. The van der Waals surface area contributed by atoms with Crippen molar-refractivity contribution in [3.63, 3.8) is 0 Å².